The second-order valence-electron chi connectivity index (χ2n) is 5.23. The Balaban J connectivity index is 2.07. The molecule has 0 aliphatic carbocycles. The average Bonchev–Trinajstić information content (AvgIpc) is 2.85. The number of carbonyl (C=O) groups excluding carboxylic acids is 2. The summed E-state index contributed by atoms with van der Waals surface area (Å²) >= 11 is 0. The number of rotatable bonds is 4. The van der Waals surface area contributed by atoms with Crippen LogP contribution in [0.2, 0.25) is 0 Å². The minimum absolute atomic E-state index is 0.141. The maximum atomic E-state index is 13.9. The second kappa shape index (κ2) is 6.55. The van der Waals surface area contributed by atoms with E-state index in [-0.39, 0.29) is 24.4 Å². The molecule has 1 unspecified atom stereocenters. The molecule has 1 N–H and O–H groups in total. The average molecular weight is 332 g/mol. The van der Waals surface area contributed by atoms with Crippen LogP contribution in [-0.2, 0) is 22.3 Å². The standard InChI is InChI=1S/C15H16F4N2O2/c1-2-21-11(6-7-12(21)22)14(23)20-8-9-4-3-5-10(13(9)16)15(17,18)19/h3-5,11H,2,6-8H2,1H3,(H,20,23). The minimum Gasteiger partial charge on any atom is -0.350 e. The van der Waals surface area contributed by atoms with E-state index in [2.05, 4.69) is 5.32 Å². The first-order valence-electron chi connectivity index (χ1n) is 7.17. The van der Waals surface area contributed by atoms with E-state index in [1.54, 1.807) is 6.92 Å². The number of benzene rings is 1. The third kappa shape index (κ3) is 3.62. The third-order valence-electron chi connectivity index (χ3n) is 3.81. The number of hydrogen-bond acceptors (Lipinski definition) is 2. The molecule has 1 aromatic rings. The van der Waals surface area contributed by atoms with Crippen molar-refractivity contribution in [3.8, 4) is 0 Å². The molecule has 2 amide bonds. The molecular formula is C15H16F4N2O2. The summed E-state index contributed by atoms with van der Waals surface area (Å²) < 4.78 is 51.8. The summed E-state index contributed by atoms with van der Waals surface area (Å²) in [7, 11) is 0. The molecule has 1 aliphatic heterocycles. The van der Waals surface area contributed by atoms with Crippen LogP contribution >= 0.6 is 0 Å². The SMILES string of the molecule is CCN1C(=O)CCC1C(=O)NCc1cccc(C(F)(F)F)c1F. The van der Waals surface area contributed by atoms with Crippen LogP contribution in [0.4, 0.5) is 17.6 Å². The van der Waals surface area contributed by atoms with E-state index in [1.165, 1.54) is 11.0 Å². The predicted molar refractivity (Wildman–Crippen MR) is 73.7 cm³/mol. The normalized spacial score (nSPS) is 18.4. The topological polar surface area (TPSA) is 49.4 Å². The molecule has 1 fully saturated rings. The molecule has 0 saturated carbocycles. The van der Waals surface area contributed by atoms with Gasteiger partial charge in [0.15, 0.2) is 0 Å². The Hall–Kier alpha value is -2.12. The molecule has 23 heavy (non-hydrogen) atoms. The van der Waals surface area contributed by atoms with Gasteiger partial charge in [-0.2, -0.15) is 13.2 Å². The molecule has 0 radical (unpaired) electrons. The van der Waals surface area contributed by atoms with Crippen LogP contribution in [0.5, 0.6) is 0 Å². The van der Waals surface area contributed by atoms with Gasteiger partial charge in [-0.1, -0.05) is 12.1 Å². The van der Waals surface area contributed by atoms with Gasteiger partial charge in [0.05, 0.1) is 5.56 Å². The van der Waals surface area contributed by atoms with E-state index in [0.29, 0.717) is 19.0 Å². The number of alkyl halides is 3. The fraction of sp³-hybridized carbons (Fsp3) is 0.467. The summed E-state index contributed by atoms with van der Waals surface area (Å²) in [4.78, 5) is 25.0. The smallest absolute Gasteiger partial charge is 0.350 e. The zero-order valence-electron chi connectivity index (χ0n) is 12.4. The summed E-state index contributed by atoms with van der Waals surface area (Å²) in [6, 6.07) is 2.27. The van der Waals surface area contributed by atoms with Crippen LogP contribution < -0.4 is 5.32 Å². The van der Waals surface area contributed by atoms with Gasteiger partial charge in [-0.05, 0) is 19.4 Å². The van der Waals surface area contributed by atoms with Crippen molar-refractivity contribution in [1.82, 2.24) is 10.2 Å². The van der Waals surface area contributed by atoms with Gasteiger partial charge in [-0.15, -0.1) is 0 Å². The van der Waals surface area contributed by atoms with Crippen LogP contribution in [0.15, 0.2) is 18.2 Å². The van der Waals surface area contributed by atoms with Crippen molar-refractivity contribution in [2.24, 2.45) is 0 Å². The number of hydrogen-bond donors (Lipinski definition) is 1. The van der Waals surface area contributed by atoms with Crippen LogP contribution in [0, 0.1) is 5.82 Å². The largest absolute Gasteiger partial charge is 0.419 e. The molecule has 1 aromatic carbocycles. The van der Waals surface area contributed by atoms with Gasteiger partial charge < -0.3 is 10.2 Å². The molecule has 0 aromatic heterocycles. The van der Waals surface area contributed by atoms with Gasteiger partial charge >= 0.3 is 6.18 Å². The minimum atomic E-state index is -4.79. The quantitative estimate of drug-likeness (QED) is 0.861. The van der Waals surface area contributed by atoms with Crippen molar-refractivity contribution in [3.05, 3.63) is 35.1 Å². The van der Waals surface area contributed by atoms with Crippen molar-refractivity contribution in [2.45, 2.75) is 38.5 Å². The van der Waals surface area contributed by atoms with Gasteiger partial charge in [0.2, 0.25) is 11.8 Å². The van der Waals surface area contributed by atoms with Gasteiger partial charge in [0.25, 0.3) is 0 Å². The molecule has 1 atom stereocenters. The van der Waals surface area contributed by atoms with E-state index in [1.807, 2.05) is 0 Å². The number of carbonyl (C=O) groups is 2. The first kappa shape index (κ1) is 17.2. The van der Waals surface area contributed by atoms with E-state index >= 15 is 0 Å². The first-order valence-corrected chi connectivity index (χ1v) is 7.17. The Morgan fingerprint density at radius 3 is 2.70 bits per heavy atom. The highest BCUT2D eigenvalue weighted by Gasteiger charge is 2.36. The number of amides is 2. The lowest BCUT2D eigenvalue weighted by Gasteiger charge is -2.22. The zero-order valence-corrected chi connectivity index (χ0v) is 12.4. The maximum absolute atomic E-state index is 13.9. The molecule has 1 heterocycles. The van der Waals surface area contributed by atoms with Crippen LogP contribution in [0.25, 0.3) is 0 Å². The Bertz CT molecular complexity index is 616. The molecule has 8 heteroatoms. The second-order valence-corrected chi connectivity index (χ2v) is 5.23. The van der Waals surface area contributed by atoms with E-state index in [0.717, 1.165) is 6.07 Å². The van der Waals surface area contributed by atoms with Crippen LogP contribution in [0.3, 0.4) is 0 Å². The molecule has 4 nitrogen and oxygen atoms in total. The Labute approximate surface area is 130 Å². The Kier molecular flexibility index (Phi) is 4.91. The van der Waals surface area contributed by atoms with Crippen molar-refractivity contribution in [2.75, 3.05) is 6.54 Å². The van der Waals surface area contributed by atoms with E-state index < -0.39 is 29.5 Å². The van der Waals surface area contributed by atoms with Gasteiger partial charge in [-0.25, -0.2) is 4.39 Å². The number of likely N-dealkylation sites (N-methyl/N-ethyl adjacent to an activating group) is 1. The van der Waals surface area contributed by atoms with Crippen LogP contribution in [0.1, 0.15) is 30.9 Å². The summed E-state index contributed by atoms with van der Waals surface area (Å²) in [6.07, 6.45) is -4.19. The molecule has 0 spiro atoms. The lowest BCUT2D eigenvalue weighted by atomic mass is 10.1. The predicted octanol–water partition coefficient (Wildman–Crippen LogP) is 2.47. The first-order chi connectivity index (χ1) is 10.8. The molecular weight excluding hydrogens is 316 g/mol. The van der Waals surface area contributed by atoms with Gasteiger partial charge in [0, 0.05) is 25.1 Å². The van der Waals surface area contributed by atoms with Crippen molar-refractivity contribution in [3.63, 3.8) is 0 Å². The maximum Gasteiger partial charge on any atom is 0.419 e. The highest BCUT2D eigenvalue weighted by atomic mass is 19.4. The zero-order chi connectivity index (χ0) is 17.2. The molecule has 126 valence electrons. The lowest BCUT2D eigenvalue weighted by molar-refractivity contribution is -0.140. The fourth-order valence-corrected chi connectivity index (χ4v) is 2.64. The fourth-order valence-electron chi connectivity index (χ4n) is 2.64. The molecule has 2 rings (SSSR count). The summed E-state index contributed by atoms with van der Waals surface area (Å²) in [5.74, 6) is -2.03. The highest BCUT2D eigenvalue weighted by Crippen LogP contribution is 2.32. The van der Waals surface area contributed by atoms with Gasteiger partial charge in [0.1, 0.15) is 11.9 Å². The molecule has 0 bridgehead atoms. The van der Waals surface area contributed by atoms with Crippen molar-refractivity contribution >= 4 is 11.8 Å². The van der Waals surface area contributed by atoms with Gasteiger partial charge in [-0.3, -0.25) is 9.59 Å². The number of halogens is 4. The highest BCUT2D eigenvalue weighted by molar-refractivity contribution is 5.90. The monoisotopic (exact) mass is 332 g/mol. The number of likely N-dealkylation sites (tertiary alicyclic amines) is 1. The van der Waals surface area contributed by atoms with Crippen molar-refractivity contribution in [1.29, 1.82) is 0 Å². The summed E-state index contributed by atoms with van der Waals surface area (Å²) in [5.41, 5.74) is -1.61. The number of nitrogens with one attached hydrogen (secondary N) is 1. The van der Waals surface area contributed by atoms with Crippen LogP contribution in [-0.4, -0.2) is 29.3 Å². The molecule has 1 aliphatic rings. The van der Waals surface area contributed by atoms with E-state index in [4.69, 9.17) is 0 Å². The number of nitrogens with zero attached hydrogens (tertiary/aromatic N) is 1. The Morgan fingerprint density at radius 1 is 1.39 bits per heavy atom. The summed E-state index contributed by atoms with van der Waals surface area (Å²) in [5, 5.41) is 2.41. The third-order valence-corrected chi connectivity index (χ3v) is 3.81. The lowest BCUT2D eigenvalue weighted by Crippen LogP contribution is -2.44. The Morgan fingerprint density at radius 2 is 2.09 bits per heavy atom. The van der Waals surface area contributed by atoms with E-state index in [9.17, 15) is 27.2 Å². The van der Waals surface area contributed by atoms with Crippen molar-refractivity contribution < 1.29 is 27.2 Å². The molecule has 1 saturated heterocycles. The summed E-state index contributed by atoms with van der Waals surface area (Å²) in [6.45, 7) is 1.74.